The van der Waals surface area contributed by atoms with E-state index >= 15 is 0 Å². The molecule has 0 radical (unpaired) electrons. The number of hydrogen-bond donors (Lipinski definition) is 1. The standard InChI is InChI=1S/C5H10Br2O/c1-2-5(8)4(7)3-6/h4-5,8H,2-3H2,1H3. The van der Waals surface area contributed by atoms with Gasteiger partial charge in [-0.15, -0.1) is 0 Å². The molecule has 0 bridgehead atoms. The summed E-state index contributed by atoms with van der Waals surface area (Å²) in [6, 6.07) is 0. The van der Waals surface area contributed by atoms with Gasteiger partial charge in [0, 0.05) is 5.33 Å². The molecule has 2 atom stereocenters. The van der Waals surface area contributed by atoms with Gasteiger partial charge in [-0.25, -0.2) is 0 Å². The van der Waals surface area contributed by atoms with Crippen molar-refractivity contribution in [3.8, 4) is 0 Å². The quantitative estimate of drug-likeness (QED) is 0.754. The van der Waals surface area contributed by atoms with Gasteiger partial charge in [-0.2, -0.15) is 0 Å². The molecular formula is C5H10Br2O. The van der Waals surface area contributed by atoms with Gasteiger partial charge in [0.25, 0.3) is 0 Å². The van der Waals surface area contributed by atoms with Gasteiger partial charge in [-0.1, -0.05) is 38.8 Å². The molecule has 50 valence electrons. The molecule has 0 aliphatic carbocycles. The Morgan fingerprint density at radius 1 is 1.62 bits per heavy atom. The first kappa shape index (κ1) is 8.92. The molecule has 0 saturated heterocycles. The van der Waals surface area contributed by atoms with Gasteiger partial charge in [-0.05, 0) is 6.42 Å². The number of aliphatic hydroxyl groups excluding tert-OH is 1. The number of rotatable bonds is 3. The van der Waals surface area contributed by atoms with Crippen LogP contribution in [0.4, 0.5) is 0 Å². The summed E-state index contributed by atoms with van der Waals surface area (Å²) < 4.78 is 0. The maximum atomic E-state index is 9.05. The fourth-order valence-electron chi connectivity index (χ4n) is 0.359. The lowest BCUT2D eigenvalue weighted by Crippen LogP contribution is -2.19. The smallest absolute Gasteiger partial charge is 0.0670 e. The summed E-state index contributed by atoms with van der Waals surface area (Å²) in [7, 11) is 0. The Morgan fingerprint density at radius 3 is 2.25 bits per heavy atom. The summed E-state index contributed by atoms with van der Waals surface area (Å²) >= 11 is 6.55. The molecule has 0 aromatic rings. The van der Waals surface area contributed by atoms with Crippen LogP contribution in [0, 0.1) is 0 Å². The summed E-state index contributed by atoms with van der Waals surface area (Å²) in [5.41, 5.74) is 0. The maximum Gasteiger partial charge on any atom is 0.0670 e. The minimum atomic E-state index is -0.214. The van der Waals surface area contributed by atoms with E-state index < -0.39 is 0 Å². The van der Waals surface area contributed by atoms with Crippen LogP contribution in [0.5, 0.6) is 0 Å². The van der Waals surface area contributed by atoms with Gasteiger partial charge in [0.2, 0.25) is 0 Å². The number of aliphatic hydroxyl groups is 1. The van der Waals surface area contributed by atoms with Crippen LogP contribution in [0.3, 0.4) is 0 Å². The maximum absolute atomic E-state index is 9.05. The van der Waals surface area contributed by atoms with Crippen molar-refractivity contribution in [1.29, 1.82) is 0 Å². The molecule has 0 heterocycles. The van der Waals surface area contributed by atoms with E-state index in [-0.39, 0.29) is 10.9 Å². The zero-order valence-corrected chi connectivity index (χ0v) is 7.94. The van der Waals surface area contributed by atoms with Crippen LogP contribution in [-0.4, -0.2) is 21.4 Å². The molecule has 0 aliphatic rings. The van der Waals surface area contributed by atoms with Gasteiger partial charge in [0.15, 0.2) is 0 Å². The average molecular weight is 246 g/mol. The highest BCUT2D eigenvalue weighted by Crippen LogP contribution is 2.10. The van der Waals surface area contributed by atoms with Crippen LogP contribution in [-0.2, 0) is 0 Å². The molecule has 1 N–H and O–H groups in total. The van der Waals surface area contributed by atoms with Crippen LogP contribution in [0.25, 0.3) is 0 Å². The third-order valence-electron chi connectivity index (χ3n) is 0.983. The number of halogens is 2. The Kier molecular flexibility index (Phi) is 5.31. The van der Waals surface area contributed by atoms with Gasteiger partial charge in [-0.3, -0.25) is 0 Å². The van der Waals surface area contributed by atoms with Crippen LogP contribution in [0.1, 0.15) is 13.3 Å². The highest BCUT2D eigenvalue weighted by atomic mass is 79.9. The van der Waals surface area contributed by atoms with Gasteiger partial charge in [0.05, 0.1) is 10.9 Å². The largest absolute Gasteiger partial charge is 0.392 e. The van der Waals surface area contributed by atoms with E-state index in [4.69, 9.17) is 5.11 Å². The van der Waals surface area contributed by atoms with Crippen molar-refractivity contribution in [3.05, 3.63) is 0 Å². The van der Waals surface area contributed by atoms with E-state index in [0.29, 0.717) is 0 Å². The SMILES string of the molecule is CCC(O)C(Br)CBr. The Bertz CT molecular complexity index is 50.4. The van der Waals surface area contributed by atoms with E-state index in [1.165, 1.54) is 0 Å². The topological polar surface area (TPSA) is 20.2 Å². The number of hydrogen-bond acceptors (Lipinski definition) is 1. The van der Waals surface area contributed by atoms with Crippen LogP contribution in [0.15, 0.2) is 0 Å². The predicted octanol–water partition coefficient (Wildman–Crippen LogP) is 1.92. The minimum Gasteiger partial charge on any atom is -0.392 e. The second kappa shape index (κ2) is 4.77. The molecule has 0 amide bonds. The van der Waals surface area contributed by atoms with Crippen molar-refractivity contribution in [2.75, 3.05) is 5.33 Å². The lowest BCUT2D eigenvalue weighted by atomic mass is 10.2. The molecule has 0 aliphatic heterocycles. The van der Waals surface area contributed by atoms with E-state index in [2.05, 4.69) is 31.9 Å². The van der Waals surface area contributed by atoms with Gasteiger partial charge < -0.3 is 5.11 Å². The normalized spacial score (nSPS) is 18.0. The highest BCUT2D eigenvalue weighted by molar-refractivity contribution is 9.12. The van der Waals surface area contributed by atoms with Crippen molar-refractivity contribution < 1.29 is 5.11 Å². The Morgan fingerprint density at radius 2 is 2.12 bits per heavy atom. The minimum absolute atomic E-state index is 0.201. The Labute approximate surface area is 66.7 Å². The molecule has 3 heteroatoms. The summed E-state index contributed by atoms with van der Waals surface area (Å²) in [5.74, 6) is 0. The van der Waals surface area contributed by atoms with E-state index in [1.54, 1.807) is 0 Å². The predicted molar refractivity (Wildman–Crippen MR) is 42.8 cm³/mol. The molecule has 1 nitrogen and oxygen atoms in total. The van der Waals surface area contributed by atoms with Crippen molar-refractivity contribution in [1.82, 2.24) is 0 Å². The first-order valence-electron chi connectivity index (χ1n) is 2.60. The molecular weight excluding hydrogens is 236 g/mol. The van der Waals surface area contributed by atoms with Gasteiger partial charge in [0.1, 0.15) is 0 Å². The third-order valence-corrected chi connectivity index (χ3v) is 3.48. The highest BCUT2D eigenvalue weighted by Gasteiger charge is 2.10. The summed E-state index contributed by atoms with van der Waals surface area (Å²) in [5, 5.41) is 9.86. The van der Waals surface area contributed by atoms with Crippen LogP contribution >= 0.6 is 31.9 Å². The van der Waals surface area contributed by atoms with Crippen LogP contribution < -0.4 is 0 Å². The molecule has 2 unspecified atom stereocenters. The second-order valence-electron chi connectivity index (χ2n) is 1.65. The molecule has 0 fully saturated rings. The van der Waals surface area contributed by atoms with E-state index in [1.807, 2.05) is 6.92 Å². The third kappa shape index (κ3) is 3.05. The Hall–Kier alpha value is 0.920. The lowest BCUT2D eigenvalue weighted by Gasteiger charge is -2.10. The number of alkyl halides is 2. The lowest BCUT2D eigenvalue weighted by molar-refractivity contribution is 0.175. The molecule has 0 rings (SSSR count). The monoisotopic (exact) mass is 244 g/mol. The first-order chi connectivity index (χ1) is 3.72. The van der Waals surface area contributed by atoms with Crippen molar-refractivity contribution in [2.45, 2.75) is 24.3 Å². The molecule has 0 saturated carbocycles. The zero-order valence-electron chi connectivity index (χ0n) is 4.77. The van der Waals surface area contributed by atoms with E-state index in [0.717, 1.165) is 11.8 Å². The summed E-state index contributed by atoms with van der Waals surface area (Å²) in [6.07, 6.45) is 0.594. The first-order valence-corrected chi connectivity index (χ1v) is 4.64. The fraction of sp³-hybridized carbons (Fsp3) is 1.00. The summed E-state index contributed by atoms with van der Waals surface area (Å²) in [4.78, 5) is 0.201. The molecule has 0 aromatic carbocycles. The zero-order chi connectivity index (χ0) is 6.57. The summed E-state index contributed by atoms with van der Waals surface area (Å²) in [6.45, 7) is 1.96. The molecule has 0 aromatic heterocycles. The Balaban J connectivity index is 3.29. The van der Waals surface area contributed by atoms with Crippen molar-refractivity contribution >= 4 is 31.9 Å². The van der Waals surface area contributed by atoms with Crippen molar-refractivity contribution in [2.24, 2.45) is 0 Å². The van der Waals surface area contributed by atoms with E-state index in [9.17, 15) is 0 Å². The van der Waals surface area contributed by atoms with Crippen LogP contribution in [0.2, 0.25) is 0 Å². The fourth-order valence-corrected chi connectivity index (χ4v) is 1.16. The average Bonchev–Trinajstić information content (AvgIpc) is 1.84. The molecule has 0 spiro atoms. The molecule has 8 heavy (non-hydrogen) atoms. The second-order valence-corrected chi connectivity index (χ2v) is 3.47. The van der Waals surface area contributed by atoms with Crippen molar-refractivity contribution in [3.63, 3.8) is 0 Å². The van der Waals surface area contributed by atoms with Gasteiger partial charge >= 0.3 is 0 Å².